The maximum absolute atomic E-state index is 15.0. The van der Waals surface area contributed by atoms with Crippen LogP contribution in [0.2, 0.25) is 0 Å². The predicted molar refractivity (Wildman–Crippen MR) is 198 cm³/mol. The summed E-state index contributed by atoms with van der Waals surface area (Å²) in [6.45, 7) is 4.27. The Morgan fingerprint density at radius 1 is 0.964 bits per heavy atom. The van der Waals surface area contributed by atoms with Crippen LogP contribution in [-0.4, -0.2) is 161 Å². The number of aromatic nitrogens is 2. The number of nitrogens with zero attached hydrogens (tertiary/aromatic N) is 6. The van der Waals surface area contributed by atoms with Crippen molar-refractivity contribution in [3.05, 3.63) is 42.1 Å². The number of amides is 3. The summed E-state index contributed by atoms with van der Waals surface area (Å²) in [5.41, 5.74) is 0.305. The van der Waals surface area contributed by atoms with Gasteiger partial charge in [0.15, 0.2) is 18.4 Å². The number of hydrogen-bond donors (Lipinski definition) is 2. The van der Waals surface area contributed by atoms with Crippen molar-refractivity contribution in [2.75, 3.05) is 90.4 Å². The van der Waals surface area contributed by atoms with Gasteiger partial charge in [-0.3, -0.25) is 19.1 Å². The van der Waals surface area contributed by atoms with Crippen molar-refractivity contribution in [3.8, 4) is 11.4 Å². The van der Waals surface area contributed by atoms with Crippen LogP contribution in [0.5, 0.6) is 0 Å². The summed E-state index contributed by atoms with van der Waals surface area (Å²) >= 11 is 0. The summed E-state index contributed by atoms with van der Waals surface area (Å²) in [7, 11) is -3.52. The molecule has 2 aliphatic rings. The molecule has 3 amide bonds. The minimum Gasteiger partial charge on any atom is -0.465 e. The van der Waals surface area contributed by atoms with Crippen LogP contribution < -0.4 is 4.90 Å². The van der Waals surface area contributed by atoms with Gasteiger partial charge in [-0.2, -0.15) is 0 Å². The minimum atomic E-state index is -5.12. The molecule has 2 aliphatic heterocycles. The molecule has 19 heteroatoms. The molecule has 1 aromatic heterocycles. The van der Waals surface area contributed by atoms with Crippen molar-refractivity contribution in [3.63, 3.8) is 0 Å². The molecule has 0 aliphatic carbocycles. The fraction of sp³-hybridized carbons (Fsp3) is 0.583. The number of ether oxygens (including phenoxy) is 4. The number of anilines is 1. The first-order valence-corrected chi connectivity index (χ1v) is 20.2. The largest absolute Gasteiger partial charge is 0.465 e. The normalized spacial score (nSPS) is 17.3. The molecule has 302 valence electrons. The zero-order valence-electron chi connectivity index (χ0n) is 31.8. The van der Waals surface area contributed by atoms with Gasteiger partial charge in [-0.25, -0.2) is 28.8 Å². The van der Waals surface area contributed by atoms with Gasteiger partial charge in [0.25, 0.3) is 5.91 Å². The SMILES string of the molecule is CCCCOC(=O)N1CC[N+](CC(=O)OCC)(C(=O)[C@H](CP(=O)(O)O)N(CC(=O)OCC)C(=O)c2cc(N3CC[C@H](OC)C3)nc(-c3ccccc3)n2)CC1. The highest BCUT2D eigenvalue weighted by Gasteiger charge is 2.51. The number of piperazine rings is 1. The number of esters is 2. The van der Waals surface area contributed by atoms with Crippen molar-refractivity contribution >= 4 is 43.3 Å². The second kappa shape index (κ2) is 19.9. The zero-order valence-corrected chi connectivity index (χ0v) is 32.7. The van der Waals surface area contributed by atoms with Crippen LogP contribution in [-0.2, 0) is 37.9 Å². The van der Waals surface area contributed by atoms with Gasteiger partial charge < -0.3 is 38.5 Å². The molecule has 55 heavy (non-hydrogen) atoms. The van der Waals surface area contributed by atoms with E-state index in [1.807, 2.05) is 11.8 Å². The van der Waals surface area contributed by atoms with E-state index in [4.69, 9.17) is 23.9 Å². The number of hydrogen-bond acceptors (Lipinski definition) is 13. The molecule has 3 heterocycles. The highest BCUT2D eigenvalue weighted by molar-refractivity contribution is 7.51. The van der Waals surface area contributed by atoms with Gasteiger partial charge in [0.1, 0.15) is 31.1 Å². The molecule has 0 radical (unpaired) electrons. The Morgan fingerprint density at radius 3 is 2.24 bits per heavy atom. The van der Waals surface area contributed by atoms with Gasteiger partial charge in [0.05, 0.1) is 45.2 Å². The summed E-state index contributed by atoms with van der Waals surface area (Å²) in [6.07, 6.45) is 0.254. The highest BCUT2D eigenvalue weighted by atomic mass is 31.2. The Bertz CT molecular complexity index is 1700. The molecule has 2 N–H and O–H groups in total. The van der Waals surface area contributed by atoms with Crippen LogP contribution in [0, 0.1) is 0 Å². The number of quaternary nitrogens is 1. The van der Waals surface area contributed by atoms with Crippen LogP contribution in [0.25, 0.3) is 11.4 Å². The lowest BCUT2D eigenvalue weighted by Crippen LogP contribution is -2.69. The Balaban J connectivity index is 1.82. The average Bonchev–Trinajstić information content (AvgIpc) is 3.66. The average molecular weight is 792 g/mol. The first-order chi connectivity index (χ1) is 26.2. The maximum atomic E-state index is 15.0. The fourth-order valence-electron chi connectivity index (χ4n) is 6.55. The second-order valence-electron chi connectivity index (χ2n) is 13.3. The van der Waals surface area contributed by atoms with Crippen molar-refractivity contribution in [2.24, 2.45) is 0 Å². The van der Waals surface area contributed by atoms with E-state index in [1.54, 1.807) is 51.3 Å². The van der Waals surface area contributed by atoms with Crippen LogP contribution >= 0.6 is 7.60 Å². The third-order valence-corrected chi connectivity index (χ3v) is 10.3. The zero-order chi connectivity index (χ0) is 40.2. The fourth-order valence-corrected chi connectivity index (χ4v) is 7.36. The molecular formula is C36H52N6O12P+. The molecule has 4 rings (SSSR count). The van der Waals surface area contributed by atoms with Crippen molar-refractivity contribution in [1.29, 1.82) is 0 Å². The number of methoxy groups -OCH3 is 1. The van der Waals surface area contributed by atoms with E-state index in [9.17, 15) is 38.3 Å². The van der Waals surface area contributed by atoms with E-state index in [2.05, 4.69) is 4.98 Å². The smallest absolute Gasteiger partial charge is 0.410 e. The van der Waals surface area contributed by atoms with Crippen molar-refractivity contribution < 1.29 is 61.8 Å². The molecule has 2 fully saturated rings. The highest BCUT2D eigenvalue weighted by Crippen LogP contribution is 2.38. The molecular weight excluding hydrogens is 739 g/mol. The minimum absolute atomic E-state index is 0.00970. The molecule has 1 aromatic carbocycles. The second-order valence-corrected chi connectivity index (χ2v) is 15.0. The van der Waals surface area contributed by atoms with E-state index in [-0.39, 0.29) is 63.6 Å². The summed E-state index contributed by atoms with van der Waals surface area (Å²) < 4.78 is 33.3. The third kappa shape index (κ3) is 11.8. The van der Waals surface area contributed by atoms with Gasteiger partial charge >= 0.3 is 31.5 Å². The molecule has 0 spiro atoms. The lowest BCUT2D eigenvalue weighted by atomic mass is 10.1. The Morgan fingerprint density at radius 2 is 1.64 bits per heavy atom. The van der Waals surface area contributed by atoms with Gasteiger partial charge in [0, 0.05) is 31.8 Å². The number of benzene rings is 1. The Hall–Kier alpha value is -4.48. The maximum Gasteiger partial charge on any atom is 0.410 e. The van der Waals surface area contributed by atoms with E-state index in [0.29, 0.717) is 37.3 Å². The number of unbranched alkanes of at least 4 members (excludes halogenated alkanes) is 1. The molecule has 0 unspecified atom stereocenters. The van der Waals surface area contributed by atoms with E-state index < -0.39 is 67.2 Å². The van der Waals surface area contributed by atoms with Crippen LogP contribution in [0.15, 0.2) is 36.4 Å². The lowest BCUT2D eigenvalue weighted by molar-refractivity contribution is -0.852. The van der Waals surface area contributed by atoms with Gasteiger partial charge in [-0.05, 0) is 26.7 Å². The molecule has 0 saturated carbocycles. The topological polar surface area (TPSA) is 215 Å². The lowest BCUT2D eigenvalue weighted by Gasteiger charge is -2.44. The number of rotatable bonds is 17. The standard InChI is InChI=1S/C36H51N6O12P/c1-5-8-20-54-36(47)39-16-18-42(19-17-39,24-32(44)53-7-3)35(46)29(25-55(48,49)50)41(23-31(43)52-6-2)34(45)28-21-30(40-15-14-27(22-40)51-4)38-33(37-28)26-12-10-9-11-13-26/h9-13,21,27,29H,5-8,14-20,22-25H2,1-4H3,(H-,48,49,50)/p+1/t27-,29-/m0/s1. The first kappa shape index (κ1) is 43.3. The van der Waals surface area contributed by atoms with E-state index in [0.717, 1.165) is 11.3 Å². The van der Waals surface area contributed by atoms with Crippen LogP contribution in [0.4, 0.5) is 10.6 Å². The molecule has 2 aromatic rings. The number of carbonyl (C=O) groups is 5. The summed E-state index contributed by atoms with van der Waals surface area (Å²) in [5.74, 6) is -3.15. The molecule has 0 bridgehead atoms. The summed E-state index contributed by atoms with van der Waals surface area (Å²) in [6, 6.07) is 8.26. The van der Waals surface area contributed by atoms with Crippen molar-refractivity contribution in [1.82, 2.24) is 19.8 Å². The Labute approximate surface area is 320 Å². The van der Waals surface area contributed by atoms with Crippen molar-refractivity contribution in [2.45, 2.75) is 52.2 Å². The van der Waals surface area contributed by atoms with E-state index in [1.165, 1.54) is 11.0 Å². The first-order valence-electron chi connectivity index (χ1n) is 18.4. The monoisotopic (exact) mass is 791 g/mol. The third-order valence-electron chi connectivity index (χ3n) is 9.49. The van der Waals surface area contributed by atoms with Crippen LogP contribution in [0.1, 0.15) is 50.5 Å². The Kier molecular flexibility index (Phi) is 15.7. The summed E-state index contributed by atoms with van der Waals surface area (Å²) in [4.78, 5) is 103. The molecule has 18 nitrogen and oxygen atoms in total. The number of carbonyl (C=O) groups excluding carboxylic acids is 5. The van der Waals surface area contributed by atoms with Gasteiger partial charge in [-0.1, -0.05) is 43.7 Å². The van der Waals surface area contributed by atoms with Crippen LogP contribution in [0.3, 0.4) is 0 Å². The quantitative estimate of drug-likeness (QED) is 0.0772. The van der Waals surface area contributed by atoms with Gasteiger partial charge in [-0.15, -0.1) is 0 Å². The van der Waals surface area contributed by atoms with Gasteiger partial charge in [0.2, 0.25) is 0 Å². The summed E-state index contributed by atoms with van der Waals surface area (Å²) in [5, 5.41) is 0. The molecule has 2 saturated heterocycles. The predicted octanol–water partition coefficient (Wildman–Crippen LogP) is 2.08. The molecule has 2 atom stereocenters. The van der Waals surface area contributed by atoms with E-state index >= 15 is 0 Å².